The molecule has 9 atom stereocenters. The van der Waals surface area contributed by atoms with Crippen molar-refractivity contribution in [3.63, 3.8) is 0 Å². The number of amides is 1. The van der Waals surface area contributed by atoms with E-state index in [4.69, 9.17) is 9.47 Å². The van der Waals surface area contributed by atoms with Crippen molar-refractivity contribution in [3.05, 3.63) is 36.5 Å². The Kier molecular flexibility index (Phi) is 43.9. The molecule has 11 nitrogen and oxygen atoms in total. The summed E-state index contributed by atoms with van der Waals surface area (Å²) in [7, 11) is 0. The van der Waals surface area contributed by atoms with Gasteiger partial charge in [0.1, 0.15) is 36.6 Å². The number of unbranched alkanes of at least 4 members (excludes halogenated alkanes) is 30. The summed E-state index contributed by atoms with van der Waals surface area (Å²) in [6.45, 7) is 3.43. The Hall–Kier alpha value is -1.67. The maximum Gasteiger partial charge on any atom is 0.249 e. The molecule has 0 aliphatic carbocycles. The summed E-state index contributed by atoms with van der Waals surface area (Å²) in [6.07, 6.45) is 44.9. The summed E-state index contributed by atoms with van der Waals surface area (Å²) >= 11 is 0. The second-order valence-electron chi connectivity index (χ2n) is 20.0. The van der Waals surface area contributed by atoms with Crippen molar-refractivity contribution in [2.75, 3.05) is 13.2 Å². The van der Waals surface area contributed by atoms with Crippen LogP contribution in [0.5, 0.6) is 0 Å². The second-order valence-corrected chi connectivity index (χ2v) is 20.0. The molecule has 400 valence electrons. The van der Waals surface area contributed by atoms with Gasteiger partial charge >= 0.3 is 0 Å². The third kappa shape index (κ3) is 34.6. The minimum absolute atomic E-state index is 0.246. The minimum atomic E-state index is -1.67. The lowest BCUT2D eigenvalue weighted by Gasteiger charge is -2.40. The van der Waals surface area contributed by atoms with Crippen molar-refractivity contribution in [1.29, 1.82) is 0 Å². The van der Waals surface area contributed by atoms with Gasteiger partial charge < -0.3 is 50.5 Å². The van der Waals surface area contributed by atoms with Crippen LogP contribution in [0.4, 0.5) is 0 Å². The SMILES string of the molecule is CCCCCCCC/C=C/CC/C=C/CCCC(O)C(O)C(COC1OC(CO)C(O)C(O)C1O)NC(=O)C(O)CCCCCCCCCCCC/C=C\CCCCCCCCCCCCCC. The maximum absolute atomic E-state index is 13.2. The lowest BCUT2D eigenvalue weighted by Crippen LogP contribution is -2.60. The summed E-state index contributed by atoms with van der Waals surface area (Å²) in [5.41, 5.74) is 0. The molecular weight excluding hydrogens is 859 g/mol. The second kappa shape index (κ2) is 46.4. The first-order valence-corrected chi connectivity index (χ1v) is 28.4. The molecule has 8 N–H and O–H groups in total. The van der Waals surface area contributed by atoms with E-state index in [9.17, 15) is 40.5 Å². The Bertz CT molecular complexity index is 1200. The van der Waals surface area contributed by atoms with Crippen molar-refractivity contribution in [1.82, 2.24) is 5.32 Å². The number of carbonyl (C=O) groups is 1. The van der Waals surface area contributed by atoms with Crippen LogP contribution in [0.2, 0.25) is 0 Å². The third-order valence-electron chi connectivity index (χ3n) is 13.6. The molecule has 1 aliphatic rings. The molecular formula is C57H107NO10. The van der Waals surface area contributed by atoms with Gasteiger partial charge in [0.05, 0.1) is 25.4 Å². The van der Waals surface area contributed by atoms with Gasteiger partial charge in [-0.3, -0.25) is 4.79 Å². The fraction of sp³-hybridized carbons (Fsp3) is 0.877. The van der Waals surface area contributed by atoms with Crippen molar-refractivity contribution >= 4 is 5.91 Å². The quantitative estimate of drug-likeness (QED) is 0.0215. The highest BCUT2D eigenvalue weighted by Gasteiger charge is 2.44. The fourth-order valence-electron chi connectivity index (χ4n) is 8.98. The molecule has 1 heterocycles. The van der Waals surface area contributed by atoms with Crippen LogP contribution in [0.15, 0.2) is 36.5 Å². The van der Waals surface area contributed by atoms with E-state index in [1.807, 2.05) is 0 Å². The fourth-order valence-corrected chi connectivity index (χ4v) is 8.98. The number of aliphatic hydroxyl groups excluding tert-OH is 7. The molecule has 0 bridgehead atoms. The Balaban J connectivity index is 2.31. The molecule has 1 amide bonds. The van der Waals surface area contributed by atoms with Crippen LogP contribution in [0.25, 0.3) is 0 Å². The van der Waals surface area contributed by atoms with Gasteiger partial charge in [-0.25, -0.2) is 0 Å². The summed E-state index contributed by atoms with van der Waals surface area (Å²) in [5.74, 6) is -0.710. The first-order valence-electron chi connectivity index (χ1n) is 28.4. The highest BCUT2D eigenvalue weighted by molar-refractivity contribution is 5.80. The molecule has 0 aromatic heterocycles. The number of carbonyl (C=O) groups excluding carboxylic acids is 1. The van der Waals surface area contributed by atoms with Gasteiger partial charge in [0, 0.05) is 0 Å². The van der Waals surface area contributed by atoms with E-state index in [0.717, 1.165) is 38.5 Å². The molecule has 68 heavy (non-hydrogen) atoms. The molecule has 1 fully saturated rings. The average molecular weight is 966 g/mol. The lowest BCUT2D eigenvalue weighted by atomic mass is 9.98. The average Bonchev–Trinajstić information content (AvgIpc) is 3.34. The first-order chi connectivity index (χ1) is 33.2. The number of aliphatic hydroxyl groups is 7. The number of hydrogen-bond donors (Lipinski definition) is 8. The van der Waals surface area contributed by atoms with Crippen LogP contribution < -0.4 is 5.32 Å². The molecule has 0 radical (unpaired) electrons. The summed E-state index contributed by atoms with van der Waals surface area (Å²) in [6, 6.07) is -1.19. The first kappa shape index (κ1) is 64.3. The topological polar surface area (TPSA) is 189 Å². The Morgan fingerprint density at radius 1 is 0.500 bits per heavy atom. The largest absolute Gasteiger partial charge is 0.394 e. The van der Waals surface area contributed by atoms with Gasteiger partial charge in [0.15, 0.2) is 6.29 Å². The molecule has 1 rings (SSSR count). The number of rotatable bonds is 48. The van der Waals surface area contributed by atoms with E-state index in [1.165, 1.54) is 167 Å². The van der Waals surface area contributed by atoms with Gasteiger partial charge in [-0.1, -0.05) is 211 Å². The smallest absolute Gasteiger partial charge is 0.249 e. The highest BCUT2D eigenvalue weighted by atomic mass is 16.7. The predicted molar refractivity (Wildman–Crippen MR) is 279 cm³/mol. The molecule has 9 unspecified atom stereocenters. The zero-order valence-electron chi connectivity index (χ0n) is 43.6. The number of nitrogens with one attached hydrogen (secondary N) is 1. The van der Waals surface area contributed by atoms with Crippen LogP contribution in [0, 0.1) is 0 Å². The number of ether oxygens (including phenoxy) is 2. The van der Waals surface area contributed by atoms with Gasteiger partial charge in [-0.05, 0) is 77.0 Å². The normalized spacial score (nSPS) is 20.8. The van der Waals surface area contributed by atoms with Crippen LogP contribution in [-0.4, -0.2) is 110 Å². The van der Waals surface area contributed by atoms with Gasteiger partial charge in [-0.2, -0.15) is 0 Å². The standard InChI is InChI=1S/C57H107NO10/c1-3-5-7-9-11-13-15-17-19-20-21-22-23-24-25-26-27-28-29-31-33-35-37-39-41-43-45-50(61)56(66)58-48(47-67-57-55(65)54(64)53(63)51(46-59)68-57)52(62)49(60)44-42-40-38-36-34-32-30-18-16-14-12-10-8-6-4-2/h18,24-25,30,36,38,48-55,57,59-65H,3-17,19-23,26-29,31-35,37,39-47H2,1-2H3,(H,58,66)/b25-24-,30-18+,38-36+. The predicted octanol–water partition coefficient (Wildman–Crippen LogP) is 11.5. The van der Waals surface area contributed by atoms with Crippen LogP contribution in [0.1, 0.15) is 251 Å². The maximum atomic E-state index is 13.2. The van der Waals surface area contributed by atoms with Crippen LogP contribution in [0.3, 0.4) is 0 Å². The lowest BCUT2D eigenvalue weighted by molar-refractivity contribution is -0.303. The third-order valence-corrected chi connectivity index (χ3v) is 13.6. The molecule has 0 spiro atoms. The molecule has 0 aromatic carbocycles. The summed E-state index contributed by atoms with van der Waals surface area (Å²) in [5, 5.41) is 76.0. The van der Waals surface area contributed by atoms with Crippen molar-refractivity contribution in [3.8, 4) is 0 Å². The van der Waals surface area contributed by atoms with Gasteiger partial charge in [-0.15, -0.1) is 0 Å². The van der Waals surface area contributed by atoms with Crippen molar-refractivity contribution < 1.29 is 50.0 Å². The molecule has 0 aromatic rings. The summed E-state index contributed by atoms with van der Waals surface area (Å²) < 4.78 is 11.1. The highest BCUT2D eigenvalue weighted by Crippen LogP contribution is 2.23. The van der Waals surface area contributed by atoms with E-state index < -0.39 is 74.2 Å². The van der Waals surface area contributed by atoms with Crippen molar-refractivity contribution in [2.24, 2.45) is 0 Å². The zero-order valence-corrected chi connectivity index (χ0v) is 43.6. The van der Waals surface area contributed by atoms with Gasteiger partial charge in [0.25, 0.3) is 0 Å². The van der Waals surface area contributed by atoms with Crippen LogP contribution in [-0.2, 0) is 14.3 Å². The van der Waals surface area contributed by atoms with E-state index in [0.29, 0.717) is 19.3 Å². The monoisotopic (exact) mass is 966 g/mol. The number of hydrogen-bond acceptors (Lipinski definition) is 10. The van der Waals surface area contributed by atoms with Gasteiger partial charge in [0.2, 0.25) is 5.91 Å². The van der Waals surface area contributed by atoms with Crippen LogP contribution >= 0.6 is 0 Å². The van der Waals surface area contributed by atoms with E-state index in [2.05, 4.69) is 55.6 Å². The van der Waals surface area contributed by atoms with E-state index >= 15 is 0 Å². The zero-order chi connectivity index (χ0) is 49.7. The Morgan fingerprint density at radius 3 is 1.31 bits per heavy atom. The minimum Gasteiger partial charge on any atom is -0.394 e. The summed E-state index contributed by atoms with van der Waals surface area (Å²) in [4.78, 5) is 13.2. The molecule has 0 saturated carbocycles. The van der Waals surface area contributed by atoms with Crippen molar-refractivity contribution in [2.45, 2.75) is 306 Å². The molecule has 11 heteroatoms. The molecule has 1 aliphatic heterocycles. The Labute approximate surface area is 416 Å². The van der Waals surface area contributed by atoms with E-state index in [1.54, 1.807) is 0 Å². The molecule has 1 saturated heterocycles. The van der Waals surface area contributed by atoms with E-state index in [-0.39, 0.29) is 12.8 Å². The number of allylic oxidation sites excluding steroid dienone is 6. The Morgan fingerprint density at radius 2 is 0.882 bits per heavy atom.